The Kier molecular flexibility index (Phi) is 3.67. The van der Waals surface area contributed by atoms with Gasteiger partial charge in [0, 0.05) is 25.0 Å². The van der Waals surface area contributed by atoms with E-state index in [1.54, 1.807) is 7.11 Å². The van der Waals surface area contributed by atoms with Crippen LogP contribution in [-0.2, 0) is 11.2 Å². The third kappa shape index (κ3) is 2.67. The summed E-state index contributed by atoms with van der Waals surface area (Å²) in [5.41, 5.74) is 8.02. The number of benzene rings is 1. The molecule has 1 aromatic rings. The van der Waals surface area contributed by atoms with Gasteiger partial charge in [-0.15, -0.1) is 0 Å². The van der Waals surface area contributed by atoms with Crippen LogP contribution in [0.4, 0.5) is 5.69 Å². The lowest BCUT2D eigenvalue weighted by atomic mass is 9.93. The van der Waals surface area contributed by atoms with Crippen LogP contribution >= 0.6 is 0 Å². The van der Waals surface area contributed by atoms with Crippen molar-refractivity contribution < 1.29 is 9.47 Å². The Morgan fingerprint density at radius 3 is 3.00 bits per heavy atom. The van der Waals surface area contributed by atoms with Gasteiger partial charge in [0.05, 0.1) is 7.11 Å². The number of rotatable bonds is 3. The summed E-state index contributed by atoms with van der Waals surface area (Å²) in [6.07, 6.45) is 3.42. The third-order valence-corrected chi connectivity index (χ3v) is 3.12. The van der Waals surface area contributed by atoms with E-state index in [2.05, 4.69) is 6.07 Å². The summed E-state index contributed by atoms with van der Waals surface area (Å²) in [5.74, 6) is 1.44. The molecule has 0 saturated carbocycles. The molecule has 2 N–H and O–H groups in total. The van der Waals surface area contributed by atoms with Crippen LogP contribution in [-0.4, -0.2) is 20.3 Å². The van der Waals surface area contributed by atoms with Crippen molar-refractivity contribution in [3.05, 3.63) is 23.8 Å². The average Bonchev–Trinajstić information content (AvgIpc) is 2.33. The zero-order valence-electron chi connectivity index (χ0n) is 9.74. The number of hydrogen-bond donors (Lipinski definition) is 1. The molecule has 3 heteroatoms. The molecule has 88 valence electrons. The highest BCUT2D eigenvalue weighted by atomic mass is 16.5. The van der Waals surface area contributed by atoms with Crippen molar-refractivity contribution in [3.8, 4) is 5.75 Å². The standard InChI is InChI=1S/C13H19NO2/c1-15-12-5-4-11(13(14)8-12)7-10-3-2-6-16-9-10/h4-5,8,10H,2-3,6-7,9,14H2,1H3. The van der Waals surface area contributed by atoms with E-state index in [-0.39, 0.29) is 0 Å². The van der Waals surface area contributed by atoms with Gasteiger partial charge in [0.25, 0.3) is 0 Å². The summed E-state index contributed by atoms with van der Waals surface area (Å²) >= 11 is 0. The number of anilines is 1. The lowest BCUT2D eigenvalue weighted by molar-refractivity contribution is 0.0551. The lowest BCUT2D eigenvalue weighted by Crippen LogP contribution is -2.19. The van der Waals surface area contributed by atoms with Gasteiger partial charge in [0.15, 0.2) is 0 Å². The molecule has 0 bridgehead atoms. The van der Waals surface area contributed by atoms with Crippen molar-refractivity contribution in [2.75, 3.05) is 26.1 Å². The van der Waals surface area contributed by atoms with Crippen LogP contribution in [0.15, 0.2) is 18.2 Å². The highest BCUT2D eigenvalue weighted by Gasteiger charge is 2.15. The minimum absolute atomic E-state index is 0.615. The Morgan fingerprint density at radius 2 is 2.38 bits per heavy atom. The fourth-order valence-corrected chi connectivity index (χ4v) is 2.17. The third-order valence-electron chi connectivity index (χ3n) is 3.12. The van der Waals surface area contributed by atoms with Gasteiger partial charge in [-0.1, -0.05) is 6.07 Å². The summed E-state index contributed by atoms with van der Waals surface area (Å²) in [6.45, 7) is 1.78. The number of methoxy groups -OCH3 is 1. The molecule has 1 fully saturated rings. The fourth-order valence-electron chi connectivity index (χ4n) is 2.17. The molecule has 16 heavy (non-hydrogen) atoms. The molecule has 2 rings (SSSR count). The molecule has 3 nitrogen and oxygen atoms in total. The van der Waals surface area contributed by atoms with E-state index < -0.39 is 0 Å². The van der Waals surface area contributed by atoms with Gasteiger partial charge in [-0.25, -0.2) is 0 Å². The highest BCUT2D eigenvalue weighted by molar-refractivity contribution is 5.51. The molecule has 1 aromatic carbocycles. The molecule has 1 heterocycles. The molecule has 0 aliphatic carbocycles. The summed E-state index contributed by atoms with van der Waals surface area (Å²) in [7, 11) is 1.66. The molecule has 0 aromatic heterocycles. The topological polar surface area (TPSA) is 44.5 Å². The predicted molar refractivity (Wildman–Crippen MR) is 64.7 cm³/mol. The van der Waals surface area contributed by atoms with Crippen molar-refractivity contribution in [3.63, 3.8) is 0 Å². The first-order valence-corrected chi connectivity index (χ1v) is 5.79. The summed E-state index contributed by atoms with van der Waals surface area (Å²) in [4.78, 5) is 0. The Hall–Kier alpha value is -1.22. The van der Waals surface area contributed by atoms with Crippen molar-refractivity contribution in [1.29, 1.82) is 0 Å². The monoisotopic (exact) mass is 221 g/mol. The number of ether oxygens (including phenoxy) is 2. The molecular weight excluding hydrogens is 202 g/mol. The van der Waals surface area contributed by atoms with Gasteiger partial charge >= 0.3 is 0 Å². The first kappa shape index (κ1) is 11.3. The molecular formula is C13H19NO2. The molecule has 1 saturated heterocycles. The van der Waals surface area contributed by atoms with Crippen LogP contribution in [0.25, 0.3) is 0 Å². The molecule has 0 amide bonds. The Morgan fingerprint density at radius 1 is 1.50 bits per heavy atom. The molecule has 1 atom stereocenters. The van der Waals surface area contributed by atoms with Crippen molar-refractivity contribution in [2.45, 2.75) is 19.3 Å². The molecule has 1 aliphatic heterocycles. The smallest absolute Gasteiger partial charge is 0.120 e. The Labute approximate surface area is 96.5 Å². The Bertz CT molecular complexity index is 346. The van der Waals surface area contributed by atoms with E-state index in [9.17, 15) is 0 Å². The van der Waals surface area contributed by atoms with Crippen LogP contribution in [0.2, 0.25) is 0 Å². The van der Waals surface area contributed by atoms with Crippen LogP contribution in [0.5, 0.6) is 5.75 Å². The van der Waals surface area contributed by atoms with Gasteiger partial charge < -0.3 is 15.2 Å². The SMILES string of the molecule is COc1ccc(CC2CCCOC2)c(N)c1. The zero-order valence-corrected chi connectivity index (χ0v) is 9.74. The number of hydrogen-bond acceptors (Lipinski definition) is 3. The van der Waals surface area contributed by atoms with E-state index in [0.29, 0.717) is 5.92 Å². The van der Waals surface area contributed by atoms with Gasteiger partial charge in [-0.2, -0.15) is 0 Å². The number of nitrogen functional groups attached to an aromatic ring is 1. The second-order valence-electron chi connectivity index (χ2n) is 4.35. The fraction of sp³-hybridized carbons (Fsp3) is 0.538. The normalized spacial score (nSPS) is 20.7. The maximum absolute atomic E-state index is 5.99. The molecule has 0 radical (unpaired) electrons. The summed E-state index contributed by atoms with van der Waals surface area (Å²) in [5, 5.41) is 0. The lowest BCUT2D eigenvalue weighted by Gasteiger charge is -2.22. The van der Waals surface area contributed by atoms with E-state index in [1.165, 1.54) is 18.4 Å². The quantitative estimate of drug-likeness (QED) is 0.796. The minimum Gasteiger partial charge on any atom is -0.497 e. The van der Waals surface area contributed by atoms with Gasteiger partial charge in [0.1, 0.15) is 5.75 Å². The first-order valence-electron chi connectivity index (χ1n) is 5.79. The van der Waals surface area contributed by atoms with Gasteiger partial charge in [-0.05, 0) is 36.8 Å². The first-order chi connectivity index (χ1) is 7.79. The van der Waals surface area contributed by atoms with Crippen LogP contribution in [0.3, 0.4) is 0 Å². The zero-order chi connectivity index (χ0) is 11.4. The van der Waals surface area contributed by atoms with Crippen LogP contribution in [0, 0.1) is 5.92 Å². The van der Waals surface area contributed by atoms with Crippen molar-refractivity contribution in [2.24, 2.45) is 5.92 Å². The van der Waals surface area contributed by atoms with Gasteiger partial charge in [-0.3, -0.25) is 0 Å². The van der Waals surface area contributed by atoms with Crippen LogP contribution in [0.1, 0.15) is 18.4 Å². The summed E-state index contributed by atoms with van der Waals surface area (Å²) in [6, 6.07) is 5.91. The Balaban J connectivity index is 2.03. The average molecular weight is 221 g/mol. The van der Waals surface area contributed by atoms with Crippen molar-refractivity contribution >= 4 is 5.69 Å². The summed E-state index contributed by atoms with van der Waals surface area (Å²) < 4.78 is 10.6. The van der Waals surface area contributed by atoms with E-state index >= 15 is 0 Å². The van der Waals surface area contributed by atoms with Crippen LogP contribution < -0.4 is 10.5 Å². The molecule has 0 spiro atoms. The van der Waals surface area contributed by atoms with Gasteiger partial charge in [0.2, 0.25) is 0 Å². The second-order valence-corrected chi connectivity index (χ2v) is 4.35. The maximum Gasteiger partial charge on any atom is 0.120 e. The minimum atomic E-state index is 0.615. The highest BCUT2D eigenvalue weighted by Crippen LogP contribution is 2.25. The molecule has 1 aliphatic rings. The predicted octanol–water partition coefficient (Wildman–Crippen LogP) is 2.25. The van der Waals surface area contributed by atoms with E-state index in [1.807, 2.05) is 12.1 Å². The molecule has 1 unspecified atom stereocenters. The largest absolute Gasteiger partial charge is 0.497 e. The second kappa shape index (κ2) is 5.21. The van der Waals surface area contributed by atoms with Crippen molar-refractivity contribution in [1.82, 2.24) is 0 Å². The van der Waals surface area contributed by atoms with E-state index in [4.69, 9.17) is 15.2 Å². The van der Waals surface area contributed by atoms with E-state index in [0.717, 1.165) is 31.1 Å². The maximum atomic E-state index is 5.99. The number of nitrogens with two attached hydrogens (primary N) is 1.